The van der Waals surface area contributed by atoms with E-state index in [0.29, 0.717) is 0 Å². The van der Waals surface area contributed by atoms with E-state index in [0.717, 1.165) is 41.9 Å². The fraction of sp³-hybridized carbons (Fsp3) is 0.391. The topological polar surface area (TPSA) is 43.9 Å². The normalized spacial score (nSPS) is 27.5. The third-order valence-electron chi connectivity index (χ3n) is 6.42. The second-order valence-corrected chi connectivity index (χ2v) is 8.31. The lowest BCUT2D eigenvalue weighted by Crippen LogP contribution is -2.44. The number of nitrogens with zero attached hydrogens (tertiary/aromatic N) is 3. The average molecular weight is 375 g/mol. The first-order valence-electron chi connectivity index (χ1n) is 10.0. The number of imide groups is 1. The van der Waals surface area contributed by atoms with Gasteiger partial charge in [-0.3, -0.25) is 9.59 Å². The van der Waals surface area contributed by atoms with Gasteiger partial charge in [0.1, 0.15) is 6.04 Å². The number of hydrogen-bond donors (Lipinski definition) is 0. The Balaban J connectivity index is 1.59. The van der Waals surface area contributed by atoms with Crippen LogP contribution >= 0.6 is 0 Å². The van der Waals surface area contributed by atoms with E-state index in [1.165, 1.54) is 10.5 Å². The van der Waals surface area contributed by atoms with Crippen LogP contribution in [-0.4, -0.2) is 41.0 Å². The summed E-state index contributed by atoms with van der Waals surface area (Å²) in [4.78, 5) is 28.5. The second-order valence-electron chi connectivity index (χ2n) is 8.31. The fourth-order valence-electron chi connectivity index (χ4n) is 5.17. The maximum atomic E-state index is 13.6. The molecule has 0 aliphatic carbocycles. The van der Waals surface area contributed by atoms with E-state index < -0.39 is 0 Å². The molecule has 2 amide bonds. The van der Waals surface area contributed by atoms with Gasteiger partial charge < -0.3 is 0 Å². The lowest BCUT2D eigenvalue weighted by Gasteiger charge is -2.30. The maximum Gasteiger partial charge on any atom is 0.253 e. The summed E-state index contributed by atoms with van der Waals surface area (Å²) >= 11 is 0. The minimum Gasteiger partial charge on any atom is -0.274 e. The van der Waals surface area contributed by atoms with Crippen LogP contribution in [0.4, 0.5) is 5.69 Å². The number of fused-ring (bicyclic) bond motifs is 3. The van der Waals surface area contributed by atoms with Crippen molar-refractivity contribution in [1.82, 2.24) is 10.0 Å². The van der Waals surface area contributed by atoms with Crippen LogP contribution in [0.1, 0.15) is 34.7 Å². The number of carbonyl (C=O) groups excluding carboxylic acids is 2. The molecule has 144 valence electrons. The van der Waals surface area contributed by atoms with Gasteiger partial charge in [0.15, 0.2) is 0 Å². The second kappa shape index (κ2) is 6.26. The third-order valence-corrected chi connectivity index (χ3v) is 6.42. The van der Waals surface area contributed by atoms with Crippen molar-refractivity contribution in [1.29, 1.82) is 0 Å². The van der Waals surface area contributed by atoms with E-state index in [4.69, 9.17) is 0 Å². The van der Waals surface area contributed by atoms with Crippen molar-refractivity contribution in [3.63, 3.8) is 0 Å². The van der Waals surface area contributed by atoms with Gasteiger partial charge in [-0.25, -0.2) is 14.9 Å². The smallest absolute Gasteiger partial charge is 0.253 e. The van der Waals surface area contributed by atoms with Gasteiger partial charge in [-0.2, -0.15) is 0 Å². The molecule has 0 radical (unpaired) electrons. The molecule has 5 nitrogen and oxygen atoms in total. The molecule has 3 aliphatic rings. The van der Waals surface area contributed by atoms with Crippen LogP contribution in [0, 0.1) is 26.7 Å². The molecule has 0 spiro atoms. The van der Waals surface area contributed by atoms with Gasteiger partial charge in [0.2, 0.25) is 5.91 Å². The Hall–Kier alpha value is -2.50. The number of amides is 2. The van der Waals surface area contributed by atoms with Crippen molar-refractivity contribution in [2.75, 3.05) is 18.0 Å². The van der Waals surface area contributed by atoms with Crippen molar-refractivity contribution in [2.45, 2.75) is 39.3 Å². The van der Waals surface area contributed by atoms with Gasteiger partial charge in [0.25, 0.3) is 5.91 Å². The first kappa shape index (κ1) is 17.6. The molecule has 3 atom stereocenters. The number of rotatable bonds is 2. The van der Waals surface area contributed by atoms with Crippen LogP contribution in [0.25, 0.3) is 0 Å². The van der Waals surface area contributed by atoms with Gasteiger partial charge >= 0.3 is 0 Å². The molecule has 5 rings (SSSR count). The molecule has 3 fully saturated rings. The number of carbonyl (C=O) groups is 2. The van der Waals surface area contributed by atoms with Crippen LogP contribution in [0.5, 0.6) is 0 Å². The minimum absolute atomic E-state index is 0.0677. The molecule has 0 N–H and O–H groups in total. The fourth-order valence-corrected chi connectivity index (χ4v) is 5.17. The molecule has 3 aliphatic heterocycles. The first-order valence-corrected chi connectivity index (χ1v) is 10.0. The Kier molecular flexibility index (Phi) is 3.93. The maximum absolute atomic E-state index is 13.6. The van der Waals surface area contributed by atoms with Gasteiger partial charge in [-0.05, 0) is 44.4 Å². The zero-order valence-electron chi connectivity index (χ0n) is 16.6. The van der Waals surface area contributed by atoms with Crippen molar-refractivity contribution >= 4 is 17.5 Å². The molecule has 3 heterocycles. The average Bonchev–Trinajstić information content (AvgIpc) is 3.30. The van der Waals surface area contributed by atoms with E-state index in [1.54, 1.807) is 0 Å². The molecule has 2 aromatic carbocycles. The van der Waals surface area contributed by atoms with Crippen molar-refractivity contribution < 1.29 is 9.59 Å². The standard InChI is InChI=1S/C23H25N3O2/c1-14-5-8-17(9-6-14)20-19-21(25-12-4-11-24(20)25)23(28)26(22(19)27)18-10-7-15(2)13-16(18)3/h5-10,13,19-21H,4,11-12H2,1-3H3/t19-,20-,21+/m1/s1. The monoisotopic (exact) mass is 375 g/mol. The lowest BCUT2D eigenvalue weighted by molar-refractivity contribution is -0.126. The summed E-state index contributed by atoms with van der Waals surface area (Å²) in [5.41, 5.74) is 5.13. The first-order chi connectivity index (χ1) is 13.5. The minimum atomic E-state index is -0.387. The largest absolute Gasteiger partial charge is 0.274 e. The predicted molar refractivity (Wildman–Crippen MR) is 108 cm³/mol. The molecule has 0 saturated carbocycles. The molecular weight excluding hydrogens is 350 g/mol. The summed E-state index contributed by atoms with van der Waals surface area (Å²) < 4.78 is 0. The van der Waals surface area contributed by atoms with Gasteiger partial charge in [-0.1, -0.05) is 47.5 Å². The van der Waals surface area contributed by atoms with Crippen molar-refractivity contribution in [2.24, 2.45) is 5.92 Å². The molecule has 0 aromatic heterocycles. The van der Waals surface area contributed by atoms with E-state index in [9.17, 15) is 9.59 Å². The molecular formula is C23H25N3O2. The number of aryl methyl sites for hydroxylation is 3. The third kappa shape index (κ3) is 2.39. The SMILES string of the molecule is Cc1ccc([C@@H]2[C@H]3C(=O)N(c4ccc(C)cc4C)C(=O)[C@H]3N3CCCN23)cc1. The van der Waals surface area contributed by atoms with Crippen LogP contribution in [0.3, 0.4) is 0 Å². The Labute approximate surface area is 165 Å². The Morgan fingerprint density at radius 3 is 2.11 bits per heavy atom. The predicted octanol–water partition coefficient (Wildman–Crippen LogP) is 3.15. The Bertz CT molecular complexity index is 968. The number of benzene rings is 2. The van der Waals surface area contributed by atoms with Gasteiger partial charge in [-0.15, -0.1) is 0 Å². The van der Waals surface area contributed by atoms with Gasteiger partial charge in [0.05, 0.1) is 17.6 Å². The summed E-state index contributed by atoms with van der Waals surface area (Å²) in [6.07, 6.45) is 1.02. The molecule has 28 heavy (non-hydrogen) atoms. The van der Waals surface area contributed by atoms with E-state index in [-0.39, 0.29) is 29.8 Å². The van der Waals surface area contributed by atoms with Crippen LogP contribution in [0.15, 0.2) is 42.5 Å². The van der Waals surface area contributed by atoms with Crippen LogP contribution in [0.2, 0.25) is 0 Å². The number of anilines is 1. The molecule has 3 saturated heterocycles. The molecule has 0 bridgehead atoms. The van der Waals surface area contributed by atoms with Gasteiger partial charge in [0, 0.05) is 13.1 Å². The summed E-state index contributed by atoms with van der Waals surface area (Å²) in [6, 6.07) is 13.8. The van der Waals surface area contributed by atoms with E-state index >= 15 is 0 Å². The number of hydrogen-bond acceptors (Lipinski definition) is 4. The van der Waals surface area contributed by atoms with Crippen LogP contribution < -0.4 is 4.90 Å². The zero-order chi connectivity index (χ0) is 19.6. The molecule has 5 heteroatoms. The van der Waals surface area contributed by atoms with E-state index in [2.05, 4.69) is 41.2 Å². The Morgan fingerprint density at radius 2 is 1.43 bits per heavy atom. The summed E-state index contributed by atoms with van der Waals surface area (Å²) in [5.74, 6) is -0.499. The van der Waals surface area contributed by atoms with E-state index in [1.807, 2.05) is 32.0 Å². The Morgan fingerprint density at radius 1 is 0.786 bits per heavy atom. The number of hydrazine groups is 1. The van der Waals surface area contributed by atoms with Crippen molar-refractivity contribution in [3.8, 4) is 0 Å². The summed E-state index contributed by atoms with van der Waals surface area (Å²) in [6.45, 7) is 7.79. The van der Waals surface area contributed by atoms with Crippen molar-refractivity contribution in [3.05, 3.63) is 64.7 Å². The quantitative estimate of drug-likeness (QED) is 0.757. The highest BCUT2D eigenvalue weighted by Crippen LogP contribution is 2.49. The summed E-state index contributed by atoms with van der Waals surface area (Å²) in [7, 11) is 0. The lowest BCUT2D eigenvalue weighted by atomic mass is 9.89. The zero-order valence-corrected chi connectivity index (χ0v) is 16.6. The highest BCUT2D eigenvalue weighted by Gasteiger charge is 2.62. The molecule has 0 unspecified atom stereocenters. The highest BCUT2D eigenvalue weighted by molar-refractivity contribution is 6.24. The summed E-state index contributed by atoms with van der Waals surface area (Å²) in [5, 5.41) is 4.41. The highest BCUT2D eigenvalue weighted by atomic mass is 16.2. The van der Waals surface area contributed by atoms with Crippen LogP contribution in [-0.2, 0) is 9.59 Å². The molecule has 2 aromatic rings.